The summed E-state index contributed by atoms with van der Waals surface area (Å²) >= 11 is 0. The first kappa shape index (κ1) is 15.9. The van der Waals surface area contributed by atoms with Crippen molar-refractivity contribution in [3.63, 3.8) is 0 Å². The van der Waals surface area contributed by atoms with Crippen LogP contribution in [0.1, 0.15) is 33.6 Å². The molecule has 0 bridgehead atoms. The number of hydrogen-bond donors (Lipinski definition) is 1. The van der Waals surface area contributed by atoms with Crippen LogP contribution in [0.3, 0.4) is 0 Å². The van der Waals surface area contributed by atoms with E-state index in [9.17, 15) is 5.11 Å². The quantitative estimate of drug-likeness (QED) is 0.653. The molecule has 0 rings (SSSR count). The zero-order valence-corrected chi connectivity index (χ0v) is 11.8. The summed E-state index contributed by atoms with van der Waals surface area (Å²) < 4.78 is 0. The predicted molar refractivity (Wildman–Crippen MR) is 70.8 cm³/mol. The highest BCUT2D eigenvalue weighted by Gasteiger charge is 2.23. The third-order valence-corrected chi connectivity index (χ3v) is 3.37. The first-order valence-electron chi connectivity index (χ1n) is 6.45. The van der Waals surface area contributed by atoms with E-state index in [-0.39, 0.29) is 12.0 Å². The lowest BCUT2D eigenvalue weighted by Gasteiger charge is -2.33. The lowest BCUT2D eigenvalue weighted by molar-refractivity contribution is 0.0853. The smallest absolute Gasteiger partial charge is 0.0496 e. The highest BCUT2D eigenvalue weighted by molar-refractivity contribution is 4.76. The second-order valence-corrected chi connectivity index (χ2v) is 5.35. The summed E-state index contributed by atoms with van der Waals surface area (Å²) in [4.78, 5) is 4.67. The predicted octanol–water partition coefficient (Wildman–Crippen LogP) is 1.67. The van der Waals surface area contributed by atoms with Gasteiger partial charge in [-0.2, -0.15) is 0 Å². The topological polar surface area (TPSA) is 26.7 Å². The Kier molecular flexibility index (Phi) is 7.98. The summed E-state index contributed by atoms with van der Waals surface area (Å²) in [7, 11) is 4.22. The molecule has 0 aromatic carbocycles. The van der Waals surface area contributed by atoms with E-state index in [0.717, 1.165) is 32.6 Å². The lowest BCUT2D eigenvalue weighted by Crippen LogP contribution is -2.39. The minimum atomic E-state index is 0.0636. The molecule has 0 heterocycles. The fourth-order valence-electron chi connectivity index (χ4n) is 1.77. The third kappa shape index (κ3) is 6.46. The van der Waals surface area contributed by atoms with Gasteiger partial charge in [-0.3, -0.25) is 0 Å². The van der Waals surface area contributed by atoms with Crippen molar-refractivity contribution in [1.82, 2.24) is 9.80 Å². The first-order chi connectivity index (χ1) is 7.47. The van der Waals surface area contributed by atoms with E-state index in [4.69, 9.17) is 0 Å². The van der Waals surface area contributed by atoms with Gasteiger partial charge in [0, 0.05) is 18.6 Å². The molecule has 98 valence electrons. The molecule has 16 heavy (non-hydrogen) atoms. The number of aliphatic hydroxyl groups is 1. The fraction of sp³-hybridized carbons (Fsp3) is 1.00. The van der Waals surface area contributed by atoms with Crippen LogP contribution in [0.5, 0.6) is 0 Å². The molecule has 3 heteroatoms. The molecule has 1 atom stereocenters. The molecular formula is C13H30N2O. The average Bonchev–Trinajstić information content (AvgIpc) is 2.27. The minimum absolute atomic E-state index is 0.0636. The molecule has 3 nitrogen and oxygen atoms in total. The Bertz CT molecular complexity index is 167. The van der Waals surface area contributed by atoms with Gasteiger partial charge in [-0.15, -0.1) is 0 Å². The van der Waals surface area contributed by atoms with E-state index < -0.39 is 0 Å². The third-order valence-electron chi connectivity index (χ3n) is 3.37. The molecule has 0 aliphatic rings. The van der Waals surface area contributed by atoms with Crippen molar-refractivity contribution in [3.8, 4) is 0 Å². The van der Waals surface area contributed by atoms with Crippen molar-refractivity contribution >= 4 is 0 Å². The Morgan fingerprint density at radius 3 is 2.12 bits per heavy atom. The standard InChI is InChI=1S/C13H30N2O/c1-6-13(3,12-16)11-15(7-2)10-8-9-14(4)5/h16H,6-12H2,1-5H3. The molecule has 0 saturated heterocycles. The highest BCUT2D eigenvalue weighted by atomic mass is 16.3. The van der Waals surface area contributed by atoms with Gasteiger partial charge in [-0.25, -0.2) is 0 Å². The van der Waals surface area contributed by atoms with Gasteiger partial charge < -0.3 is 14.9 Å². The first-order valence-corrected chi connectivity index (χ1v) is 6.45. The minimum Gasteiger partial charge on any atom is -0.396 e. The van der Waals surface area contributed by atoms with Gasteiger partial charge in [0.05, 0.1) is 0 Å². The summed E-state index contributed by atoms with van der Waals surface area (Å²) in [5.74, 6) is 0. The molecule has 0 fully saturated rings. The van der Waals surface area contributed by atoms with Crippen LogP contribution in [0.25, 0.3) is 0 Å². The van der Waals surface area contributed by atoms with Gasteiger partial charge in [0.2, 0.25) is 0 Å². The molecule has 1 unspecified atom stereocenters. The lowest BCUT2D eigenvalue weighted by atomic mass is 9.88. The van der Waals surface area contributed by atoms with Crippen molar-refractivity contribution in [1.29, 1.82) is 0 Å². The van der Waals surface area contributed by atoms with E-state index in [1.807, 2.05) is 0 Å². The summed E-state index contributed by atoms with van der Waals surface area (Å²) in [6.45, 7) is 11.2. The second kappa shape index (κ2) is 8.04. The maximum atomic E-state index is 9.41. The Morgan fingerprint density at radius 1 is 1.12 bits per heavy atom. The number of rotatable bonds is 9. The van der Waals surface area contributed by atoms with Crippen LogP contribution in [-0.2, 0) is 0 Å². The maximum Gasteiger partial charge on any atom is 0.0496 e. The van der Waals surface area contributed by atoms with Gasteiger partial charge in [-0.05, 0) is 46.6 Å². The van der Waals surface area contributed by atoms with Crippen molar-refractivity contribution in [2.24, 2.45) is 5.41 Å². The van der Waals surface area contributed by atoms with Gasteiger partial charge in [-0.1, -0.05) is 20.8 Å². The summed E-state index contributed by atoms with van der Waals surface area (Å²) in [6.07, 6.45) is 2.24. The van der Waals surface area contributed by atoms with Crippen LogP contribution >= 0.6 is 0 Å². The zero-order chi connectivity index (χ0) is 12.6. The number of hydrogen-bond acceptors (Lipinski definition) is 3. The maximum absolute atomic E-state index is 9.41. The molecule has 0 saturated carbocycles. The van der Waals surface area contributed by atoms with Gasteiger partial charge in [0.25, 0.3) is 0 Å². The normalized spacial score (nSPS) is 15.8. The summed E-state index contributed by atoms with van der Waals surface area (Å²) in [5, 5.41) is 9.41. The molecule has 1 N–H and O–H groups in total. The van der Waals surface area contributed by atoms with E-state index >= 15 is 0 Å². The zero-order valence-electron chi connectivity index (χ0n) is 11.8. The van der Waals surface area contributed by atoms with E-state index in [0.29, 0.717) is 0 Å². The Labute approximate surface area is 101 Å². The van der Waals surface area contributed by atoms with Gasteiger partial charge >= 0.3 is 0 Å². The molecule has 0 radical (unpaired) electrons. The monoisotopic (exact) mass is 230 g/mol. The SMILES string of the molecule is CCN(CCCN(C)C)CC(C)(CC)CO. The van der Waals surface area contributed by atoms with Crippen LogP contribution in [0.2, 0.25) is 0 Å². The highest BCUT2D eigenvalue weighted by Crippen LogP contribution is 2.21. The van der Waals surface area contributed by atoms with E-state index in [2.05, 4.69) is 44.7 Å². The van der Waals surface area contributed by atoms with Crippen LogP contribution in [0.4, 0.5) is 0 Å². The van der Waals surface area contributed by atoms with Crippen LogP contribution < -0.4 is 0 Å². The fourth-order valence-corrected chi connectivity index (χ4v) is 1.77. The Morgan fingerprint density at radius 2 is 1.75 bits per heavy atom. The molecule has 0 amide bonds. The number of nitrogens with zero attached hydrogens (tertiary/aromatic N) is 2. The van der Waals surface area contributed by atoms with Gasteiger partial charge in [0.15, 0.2) is 0 Å². The molecule has 0 spiro atoms. The van der Waals surface area contributed by atoms with Crippen LogP contribution in [-0.4, -0.2) is 61.8 Å². The Balaban J connectivity index is 3.99. The largest absolute Gasteiger partial charge is 0.396 e. The molecule has 0 aliphatic heterocycles. The van der Waals surface area contributed by atoms with Crippen LogP contribution in [0, 0.1) is 5.41 Å². The number of aliphatic hydroxyl groups excluding tert-OH is 1. The van der Waals surface area contributed by atoms with E-state index in [1.54, 1.807) is 0 Å². The van der Waals surface area contributed by atoms with Crippen LogP contribution in [0.15, 0.2) is 0 Å². The summed E-state index contributed by atoms with van der Waals surface area (Å²) in [5.41, 5.74) is 0.0636. The van der Waals surface area contributed by atoms with Crippen molar-refractivity contribution < 1.29 is 5.11 Å². The summed E-state index contributed by atoms with van der Waals surface area (Å²) in [6, 6.07) is 0. The Hall–Kier alpha value is -0.120. The van der Waals surface area contributed by atoms with Gasteiger partial charge in [0.1, 0.15) is 0 Å². The molecule has 0 aromatic heterocycles. The molecule has 0 aromatic rings. The van der Waals surface area contributed by atoms with Crippen molar-refractivity contribution in [2.75, 3.05) is 46.9 Å². The molecular weight excluding hydrogens is 200 g/mol. The van der Waals surface area contributed by atoms with Crippen molar-refractivity contribution in [2.45, 2.75) is 33.6 Å². The second-order valence-electron chi connectivity index (χ2n) is 5.35. The molecule has 0 aliphatic carbocycles. The average molecular weight is 230 g/mol. The van der Waals surface area contributed by atoms with Crippen molar-refractivity contribution in [3.05, 3.63) is 0 Å². The van der Waals surface area contributed by atoms with E-state index in [1.165, 1.54) is 6.42 Å².